The number of fused-ring (bicyclic) bond motifs is 1. The molecule has 2 aromatic heterocycles. The van der Waals surface area contributed by atoms with Crippen LogP contribution in [0.4, 0.5) is 19.0 Å². The number of halogens is 3. The van der Waals surface area contributed by atoms with Gasteiger partial charge in [0.25, 0.3) is 17.4 Å². The van der Waals surface area contributed by atoms with Crippen LogP contribution in [0.5, 0.6) is 0 Å². The maximum absolute atomic E-state index is 13.2. The van der Waals surface area contributed by atoms with Gasteiger partial charge in [-0.2, -0.15) is 18.3 Å². The van der Waals surface area contributed by atoms with Crippen LogP contribution in [0.3, 0.4) is 0 Å². The molecule has 4 rings (SSSR count). The maximum atomic E-state index is 13.2. The molecule has 1 aliphatic heterocycles. The zero-order valence-electron chi connectivity index (χ0n) is 14.7. The fourth-order valence-electron chi connectivity index (χ4n) is 3.19. The molecule has 0 saturated heterocycles. The molecular formula is C18H12F3N5O3. The Balaban J connectivity index is 1.82. The number of aryl methyl sites for hydroxylation is 1. The number of nitrogens with zero attached hydrogens (tertiary/aromatic N) is 3. The van der Waals surface area contributed by atoms with E-state index in [4.69, 9.17) is 5.73 Å². The van der Waals surface area contributed by atoms with E-state index in [9.17, 15) is 27.6 Å². The first-order chi connectivity index (χ1) is 13.6. The average Bonchev–Trinajstić information content (AvgIpc) is 3.15. The Labute approximate surface area is 160 Å². The van der Waals surface area contributed by atoms with Gasteiger partial charge in [0.15, 0.2) is 0 Å². The molecular weight excluding hydrogens is 391 g/mol. The van der Waals surface area contributed by atoms with E-state index in [1.807, 2.05) is 0 Å². The third kappa shape index (κ3) is 2.87. The van der Waals surface area contributed by atoms with E-state index in [0.717, 1.165) is 21.4 Å². The standard InChI is InChI=1S/C18H12F3N5O3/c1-8-6-12(18(19,20)21)26(24-8)10-4-2-9(3-5-10)25-13(27)7-11-14(15(25)22)17(29)23-16(11)28/h2-7H,22H2,1H3,(H,23,28,29). The number of alkyl halides is 3. The van der Waals surface area contributed by atoms with Crippen molar-refractivity contribution in [3.63, 3.8) is 0 Å². The number of hydrogen-bond acceptors (Lipinski definition) is 5. The van der Waals surface area contributed by atoms with E-state index < -0.39 is 29.2 Å². The van der Waals surface area contributed by atoms with Gasteiger partial charge in [-0.3, -0.25) is 24.3 Å². The Morgan fingerprint density at radius 2 is 1.62 bits per heavy atom. The lowest BCUT2D eigenvalue weighted by molar-refractivity contribution is -0.142. The van der Waals surface area contributed by atoms with Crippen LogP contribution in [-0.2, 0) is 6.18 Å². The number of benzene rings is 1. The third-order valence-corrected chi connectivity index (χ3v) is 4.43. The first-order valence-corrected chi connectivity index (χ1v) is 8.24. The van der Waals surface area contributed by atoms with Gasteiger partial charge in [-0.25, -0.2) is 4.68 Å². The highest BCUT2D eigenvalue weighted by atomic mass is 19.4. The Hall–Kier alpha value is -3.89. The number of amides is 2. The van der Waals surface area contributed by atoms with Crippen molar-refractivity contribution in [1.82, 2.24) is 19.7 Å². The number of carbonyl (C=O) groups is 2. The first kappa shape index (κ1) is 18.5. The van der Waals surface area contributed by atoms with Crippen LogP contribution in [0.1, 0.15) is 32.1 Å². The molecule has 0 fully saturated rings. The van der Waals surface area contributed by atoms with Crippen LogP contribution in [0.2, 0.25) is 0 Å². The van der Waals surface area contributed by atoms with Gasteiger partial charge < -0.3 is 5.73 Å². The van der Waals surface area contributed by atoms with Crippen LogP contribution >= 0.6 is 0 Å². The van der Waals surface area contributed by atoms with Gasteiger partial charge in [0, 0.05) is 6.07 Å². The summed E-state index contributed by atoms with van der Waals surface area (Å²) in [5, 5.41) is 5.92. The van der Waals surface area contributed by atoms with Crippen molar-refractivity contribution < 1.29 is 22.8 Å². The van der Waals surface area contributed by atoms with Gasteiger partial charge in [0.05, 0.1) is 28.2 Å². The van der Waals surface area contributed by atoms with Crippen molar-refractivity contribution in [3.8, 4) is 11.4 Å². The molecule has 29 heavy (non-hydrogen) atoms. The second kappa shape index (κ2) is 6.06. The lowest BCUT2D eigenvalue weighted by atomic mass is 10.1. The van der Waals surface area contributed by atoms with Crippen LogP contribution in [-0.4, -0.2) is 26.2 Å². The van der Waals surface area contributed by atoms with Crippen molar-refractivity contribution in [1.29, 1.82) is 0 Å². The van der Waals surface area contributed by atoms with Gasteiger partial charge in [0.2, 0.25) is 0 Å². The smallest absolute Gasteiger partial charge is 0.384 e. The van der Waals surface area contributed by atoms with Gasteiger partial charge in [-0.05, 0) is 37.3 Å². The number of nitrogens with one attached hydrogen (secondary N) is 1. The highest BCUT2D eigenvalue weighted by Crippen LogP contribution is 2.32. The summed E-state index contributed by atoms with van der Waals surface area (Å²) >= 11 is 0. The lowest BCUT2D eigenvalue weighted by Crippen LogP contribution is -2.24. The molecule has 0 unspecified atom stereocenters. The van der Waals surface area contributed by atoms with E-state index in [-0.39, 0.29) is 34.0 Å². The van der Waals surface area contributed by atoms with Gasteiger partial charge in [-0.1, -0.05) is 0 Å². The molecule has 3 N–H and O–H groups in total. The molecule has 0 saturated carbocycles. The highest BCUT2D eigenvalue weighted by molar-refractivity contribution is 6.23. The molecule has 2 amide bonds. The predicted molar refractivity (Wildman–Crippen MR) is 95.1 cm³/mol. The van der Waals surface area contributed by atoms with Crippen molar-refractivity contribution in [3.05, 3.63) is 69.3 Å². The van der Waals surface area contributed by atoms with Crippen molar-refractivity contribution in [2.75, 3.05) is 5.73 Å². The van der Waals surface area contributed by atoms with Gasteiger partial charge in [0.1, 0.15) is 11.5 Å². The number of hydrogen-bond donors (Lipinski definition) is 2. The quantitative estimate of drug-likeness (QED) is 0.634. The molecule has 3 aromatic rings. The van der Waals surface area contributed by atoms with Crippen molar-refractivity contribution in [2.24, 2.45) is 0 Å². The fraction of sp³-hybridized carbons (Fsp3) is 0.111. The highest BCUT2D eigenvalue weighted by Gasteiger charge is 2.36. The fourth-order valence-corrected chi connectivity index (χ4v) is 3.19. The summed E-state index contributed by atoms with van der Waals surface area (Å²) in [6.07, 6.45) is -4.60. The van der Waals surface area contributed by atoms with Crippen LogP contribution < -0.4 is 16.6 Å². The van der Waals surface area contributed by atoms with E-state index in [1.54, 1.807) is 0 Å². The Morgan fingerprint density at radius 3 is 2.24 bits per heavy atom. The number of pyridine rings is 1. The first-order valence-electron chi connectivity index (χ1n) is 8.24. The summed E-state index contributed by atoms with van der Waals surface area (Å²) < 4.78 is 41.4. The topological polar surface area (TPSA) is 112 Å². The number of nitrogen functional groups attached to an aromatic ring is 1. The summed E-state index contributed by atoms with van der Waals surface area (Å²) in [6.45, 7) is 1.44. The number of anilines is 1. The second-order valence-corrected chi connectivity index (χ2v) is 6.37. The number of carbonyl (C=O) groups excluding carboxylic acids is 2. The normalized spacial score (nSPS) is 13.5. The Kier molecular flexibility index (Phi) is 3.86. The van der Waals surface area contributed by atoms with Crippen LogP contribution in [0.25, 0.3) is 11.4 Å². The summed E-state index contributed by atoms with van der Waals surface area (Å²) in [5.74, 6) is -1.69. The van der Waals surface area contributed by atoms with E-state index in [0.29, 0.717) is 0 Å². The third-order valence-electron chi connectivity index (χ3n) is 4.43. The SMILES string of the molecule is Cc1cc(C(F)(F)F)n(-c2ccc(-n3c(N)c4c(cc3=O)C(=O)NC4=O)cc2)n1. The van der Waals surface area contributed by atoms with Gasteiger partial charge in [-0.15, -0.1) is 0 Å². The summed E-state index contributed by atoms with van der Waals surface area (Å²) in [7, 11) is 0. The lowest BCUT2D eigenvalue weighted by Gasteiger charge is -2.13. The van der Waals surface area contributed by atoms with Crippen LogP contribution in [0, 0.1) is 6.92 Å². The minimum Gasteiger partial charge on any atom is -0.384 e. The molecule has 0 radical (unpaired) electrons. The number of nitrogens with two attached hydrogens (primary N) is 1. The number of rotatable bonds is 2. The summed E-state index contributed by atoms with van der Waals surface area (Å²) in [4.78, 5) is 36.0. The van der Waals surface area contributed by atoms with E-state index in [1.165, 1.54) is 31.2 Å². The molecule has 0 bridgehead atoms. The molecule has 1 aromatic carbocycles. The zero-order valence-corrected chi connectivity index (χ0v) is 14.7. The minimum absolute atomic E-state index is 0.118. The monoisotopic (exact) mass is 403 g/mol. The molecule has 0 atom stereocenters. The summed E-state index contributed by atoms with van der Waals surface area (Å²) in [6, 6.07) is 7.31. The molecule has 3 heterocycles. The molecule has 8 nitrogen and oxygen atoms in total. The maximum Gasteiger partial charge on any atom is 0.433 e. The van der Waals surface area contributed by atoms with Crippen molar-refractivity contribution >= 4 is 17.6 Å². The Morgan fingerprint density at radius 1 is 1.00 bits per heavy atom. The Bertz CT molecular complexity index is 1240. The second-order valence-electron chi connectivity index (χ2n) is 6.37. The minimum atomic E-state index is -4.60. The van der Waals surface area contributed by atoms with E-state index >= 15 is 0 Å². The number of aromatic nitrogens is 3. The molecule has 1 aliphatic rings. The molecule has 148 valence electrons. The number of imide groups is 1. The molecule has 11 heteroatoms. The molecule has 0 spiro atoms. The largest absolute Gasteiger partial charge is 0.433 e. The van der Waals surface area contributed by atoms with E-state index in [2.05, 4.69) is 10.4 Å². The summed E-state index contributed by atoms with van der Waals surface area (Å²) in [5.41, 5.74) is 4.62. The van der Waals surface area contributed by atoms with Crippen molar-refractivity contribution in [2.45, 2.75) is 13.1 Å². The van der Waals surface area contributed by atoms with Gasteiger partial charge >= 0.3 is 6.18 Å². The zero-order chi connectivity index (χ0) is 21.1. The van der Waals surface area contributed by atoms with Crippen LogP contribution in [0.15, 0.2) is 41.2 Å². The average molecular weight is 403 g/mol. The molecule has 0 aliphatic carbocycles. The predicted octanol–water partition coefficient (Wildman–Crippen LogP) is 1.82.